The van der Waals surface area contributed by atoms with Crippen LogP contribution >= 0.6 is 0 Å². The predicted octanol–water partition coefficient (Wildman–Crippen LogP) is 3.26. The molecule has 150 valence electrons. The van der Waals surface area contributed by atoms with Gasteiger partial charge in [-0.1, -0.05) is 18.2 Å². The highest BCUT2D eigenvalue weighted by molar-refractivity contribution is 5.76. The number of nitrogens with one attached hydrogen (secondary N) is 2. The molecule has 1 unspecified atom stereocenters. The molecule has 2 saturated heterocycles. The molecule has 1 aromatic carbocycles. The van der Waals surface area contributed by atoms with Crippen LogP contribution in [-0.2, 0) is 21.1 Å². The molecule has 2 aliphatic rings. The van der Waals surface area contributed by atoms with Crippen LogP contribution in [0.3, 0.4) is 0 Å². The van der Waals surface area contributed by atoms with Gasteiger partial charge in [0.05, 0.1) is 5.56 Å². The zero-order valence-corrected chi connectivity index (χ0v) is 15.4. The number of ether oxygens (including phenoxy) is 1. The van der Waals surface area contributed by atoms with Crippen LogP contribution in [0.1, 0.15) is 43.2 Å². The van der Waals surface area contributed by atoms with Crippen molar-refractivity contribution in [2.24, 2.45) is 5.92 Å². The summed E-state index contributed by atoms with van der Waals surface area (Å²) in [7, 11) is 0. The van der Waals surface area contributed by atoms with Crippen LogP contribution in [0, 0.1) is 5.92 Å². The Bertz CT molecular complexity index is 636. The van der Waals surface area contributed by atoms with E-state index < -0.39 is 17.2 Å². The molecule has 2 heterocycles. The van der Waals surface area contributed by atoms with Crippen molar-refractivity contribution < 1.29 is 22.7 Å². The molecule has 3 rings (SSSR count). The van der Waals surface area contributed by atoms with Gasteiger partial charge in [-0.3, -0.25) is 4.79 Å². The van der Waals surface area contributed by atoms with Crippen molar-refractivity contribution in [2.75, 3.05) is 32.8 Å². The summed E-state index contributed by atoms with van der Waals surface area (Å²) in [4.78, 5) is 12.3. The Balaban J connectivity index is 1.66. The van der Waals surface area contributed by atoms with E-state index in [1.165, 1.54) is 12.1 Å². The zero-order valence-electron chi connectivity index (χ0n) is 15.4. The lowest BCUT2D eigenvalue weighted by molar-refractivity contribution is -0.137. The SMILES string of the molecule is O=C(CCC1CCNC1)NCC1(c2cccc(C(F)(F)F)c2)CCOCC1. The first-order valence-corrected chi connectivity index (χ1v) is 9.62. The van der Waals surface area contributed by atoms with Crippen molar-refractivity contribution in [1.82, 2.24) is 10.6 Å². The van der Waals surface area contributed by atoms with Crippen molar-refractivity contribution >= 4 is 5.91 Å². The lowest BCUT2D eigenvalue weighted by atomic mass is 9.73. The largest absolute Gasteiger partial charge is 0.416 e. The first-order valence-electron chi connectivity index (χ1n) is 9.62. The number of hydrogen-bond donors (Lipinski definition) is 2. The minimum absolute atomic E-state index is 0.0280. The van der Waals surface area contributed by atoms with Crippen molar-refractivity contribution in [3.05, 3.63) is 35.4 Å². The topological polar surface area (TPSA) is 50.4 Å². The molecule has 0 aliphatic carbocycles. The van der Waals surface area contributed by atoms with Crippen LogP contribution in [0.15, 0.2) is 24.3 Å². The Morgan fingerprint density at radius 3 is 2.74 bits per heavy atom. The normalized spacial score (nSPS) is 22.6. The van der Waals surface area contributed by atoms with E-state index in [-0.39, 0.29) is 5.91 Å². The van der Waals surface area contributed by atoms with Crippen molar-refractivity contribution in [2.45, 2.75) is 43.7 Å². The van der Waals surface area contributed by atoms with Crippen LogP contribution in [0.2, 0.25) is 0 Å². The number of carbonyl (C=O) groups excluding carboxylic acids is 1. The Morgan fingerprint density at radius 1 is 1.30 bits per heavy atom. The van der Waals surface area contributed by atoms with E-state index in [2.05, 4.69) is 10.6 Å². The van der Waals surface area contributed by atoms with E-state index in [0.29, 0.717) is 50.5 Å². The molecule has 2 aliphatic heterocycles. The summed E-state index contributed by atoms with van der Waals surface area (Å²) >= 11 is 0. The number of alkyl halides is 3. The molecule has 2 N–H and O–H groups in total. The summed E-state index contributed by atoms with van der Waals surface area (Å²) < 4.78 is 44.8. The zero-order chi connectivity index (χ0) is 19.3. The summed E-state index contributed by atoms with van der Waals surface area (Å²) in [5, 5.41) is 6.26. The monoisotopic (exact) mass is 384 g/mol. The highest BCUT2D eigenvalue weighted by Gasteiger charge is 2.37. The first-order chi connectivity index (χ1) is 12.9. The molecule has 1 amide bonds. The molecule has 2 fully saturated rings. The Kier molecular flexibility index (Phi) is 6.42. The smallest absolute Gasteiger partial charge is 0.381 e. The minimum Gasteiger partial charge on any atom is -0.381 e. The van der Waals surface area contributed by atoms with Gasteiger partial charge >= 0.3 is 6.18 Å². The van der Waals surface area contributed by atoms with E-state index in [9.17, 15) is 18.0 Å². The molecule has 0 radical (unpaired) electrons. The van der Waals surface area contributed by atoms with Crippen molar-refractivity contribution in [3.8, 4) is 0 Å². The fourth-order valence-electron chi connectivity index (χ4n) is 4.01. The third-order valence-corrected chi connectivity index (χ3v) is 5.82. The summed E-state index contributed by atoms with van der Waals surface area (Å²) in [5.74, 6) is 0.510. The second-order valence-corrected chi connectivity index (χ2v) is 7.65. The number of carbonyl (C=O) groups is 1. The third-order valence-electron chi connectivity index (χ3n) is 5.82. The van der Waals surface area contributed by atoms with Gasteiger partial charge in [0.1, 0.15) is 0 Å². The number of amides is 1. The van der Waals surface area contributed by atoms with Gasteiger partial charge in [-0.2, -0.15) is 13.2 Å². The average molecular weight is 384 g/mol. The lowest BCUT2D eigenvalue weighted by Crippen LogP contribution is -2.44. The molecule has 7 heteroatoms. The van der Waals surface area contributed by atoms with Crippen molar-refractivity contribution in [3.63, 3.8) is 0 Å². The van der Waals surface area contributed by atoms with Gasteiger partial charge in [0.25, 0.3) is 0 Å². The second kappa shape index (κ2) is 8.61. The number of halogens is 3. The minimum atomic E-state index is -4.37. The quantitative estimate of drug-likeness (QED) is 0.792. The van der Waals surface area contributed by atoms with E-state index in [4.69, 9.17) is 4.74 Å². The molecular formula is C20H27F3N2O2. The molecule has 1 atom stereocenters. The van der Waals surface area contributed by atoms with Gasteiger partial charge in [-0.05, 0) is 56.3 Å². The molecular weight excluding hydrogens is 357 g/mol. The fraction of sp³-hybridized carbons (Fsp3) is 0.650. The summed E-state index contributed by atoms with van der Waals surface area (Å²) in [6.07, 6.45) is -0.776. The van der Waals surface area contributed by atoms with Gasteiger partial charge in [0, 0.05) is 31.6 Å². The van der Waals surface area contributed by atoms with Gasteiger partial charge in [-0.15, -0.1) is 0 Å². The van der Waals surface area contributed by atoms with E-state index in [1.807, 2.05) is 0 Å². The number of hydrogen-bond acceptors (Lipinski definition) is 3. The summed E-state index contributed by atoms with van der Waals surface area (Å²) in [6.45, 7) is 3.28. The Labute approximate surface area is 157 Å². The summed E-state index contributed by atoms with van der Waals surface area (Å²) in [5.41, 5.74) is -0.531. The highest BCUT2D eigenvalue weighted by atomic mass is 19.4. The third kappa shape index (κ3) is 5.23. The van der Waals surface area contributed by atoms with Crippen LogP contribution < -0.4 is 10.6 Å². The molecule has 0 spiro atoms. The van der Waals surface area contributed by atoms with Crippen LogP contribution in [0.4, 0.5) is 13.2 Å². The molecule has 27 heavy (non-hydrogen) atoms. The number of rotatable bonds is 6. The Hall–Kier alpha value is -1.60. The predicted molar refractivity (Wildman–Crippen MR) is 96.4 cm³/mol. The van der Waals surface area contributed by atoms with Crippen LogP contribution in [0.5, 0.6) is 0 Å². The first kappa shape index (κ1) is 20.1. The average Bonchev–Trinajstić information content (AvgIpc) is 3.18. The second-order valence-electron chi connectivity index (χ2n) is 7.65. The maximum Gasteiger partial charge on any atom is 0.416 e. The lowest BCUT2D eigenvalue weighted by Gasteiger charge is -2.38. The van der Waals surface area contributed by atoms with Gasteiger partial charge in [0.2, 0.25) is 5.91 Å². The maximum absolute atomic E-state index is 13.1. The maximum atomic E-state index is 13.1. The van der Waals surface area contributed by atoms with Gasteiger partial charge in [0.15, 0.2) is 0 Å². The van der Waals surface area contributed by atoms with Crippen molar-refractivity contribution in [1.29, 1.82) is 0 Å². The molecule has 0 bridgehead atoms. The molecule has 0 saturated carbocycles. The van der Waals surface area contributed by atoms with E-state index >= 15 is 0 Å². The number of benzene rings is 1. The summed E-state index contributed by atoms with van der Waals surface area (Å²) in [6, 6.07) is 5.49. The van der Waals surface area contributed by atoms with Crippen LogP contribution in [-0.4, -0.2) is 38.8 Å². The van der Waals surface area contributed by atoms with Crippen LogP contribution in [0.25, 0.3) is 0 Å². The molecule has 4 nitrogen and oxygen atoms in total. The molecule has 1 aromatic rings. The molecule has 0 aromatic heterocycles. The standard InChI is InChI=1S/C20H27F3N2O2/c21-20(22,23)17-3-1-2-16(12-17)19(7-10-27-11-8-19)14-25-18(26)5-4-15-6-9-24-13-15/h1-3,12,15,24H,4-11,13-14H2,(H,25,26). The van der Waals surface area contributed by atoms with Gasteiger partial charge < -0.3 is 15.4 Å². The Morgan fingerprint density at radius 2 is 2.07 bits per heavy atom. The van der Waals surface area contributed by atoms with E-state index in [0.717, 1.165) is 32.0 Å². The fourth-order valence-corrected chi connectivity index (χ4v) is 4.01. The highest BCUT2D eigenvalue weighted by Crippen LogP contribution is 2.37. The van der Waals surface area contributed by atoms with E-state index in [1.54, 1.807) is 6.07 Å². The van der Waals surface area contributed by atoms with Gasteiger partial charge in [-0.25, -0.2) is 0 Å².